The van der Waals surface area contributed by atoms with Crippen molar-refractivity contribution >= 4 is 5.97 Å². The predicted octanol–water partition coefficient (Wildman–Crippen LogP) is 5.29. The van der Waals surface area contributed by atoms with Gasteiger partial charge < -0.3 is 9.84 Å². The molecule has 4 rings (SSSR count). The van der Waals surface area contributed by atoms with Gasteiger partial charge in [0, 0.05) is 6.08 Å². The van der Waals surface area contributed by atoms with Gasteiger partial charge in [0.05, 0.1) is 13.2 Å². The molecule has 0 bridgehead atoms. The minimum Gasteiger partial charge on any atom is -0.466 e. The lowest BCUT2D eigenvalue weighted by molar-refractivity contribution is -0.134. The van der Waals surface area contributed by atoms with Crippen LogP contribution in [0.1, 0.15) is 72.1 Å². The highest BCUT2D eigenvalue weighted by Crippen LogP contribution is 2.66. The first-order valence-corrected chi connectivity index (χ1v) is 11.4. The zero-order chi connectivity index (χ0) is 20.1. The summed E-state index contributed by atoms with van der Waals surface area (Å²) in [7, 11) is 1.44. The highest BCUT2D eigenvalue weighted by atomic mass is 16.5. The summed E-state index contributed by atoms with van der Waals surface area (Å²) in [6.45, 7) is 7.27. The summed E-state index contributed by atoms with van der Waals surface area (Å²) < 4.78 is 4.77. The lowest BCUT2D eigenvalue weighted by Crippen LogP contribution is -2.53. The molecule has 0 aromatic carbocycles. The highest BCUT2D eigenvalue weighted by molar-refractivity contribution is 5.81. The minimum atomic E-state index is -0.262. The molecular formula is C25H38O3. The zero-order valence-electron chi connectivity index (χ0n) is 18.1. The summed E-state index contributed by atoms with van der Waals surface area (Å²) in [5.41, 5.74) is 2.25. The van der Waals surface area contributed by atoms with Gasteiger partial charge in [-0.1, -0.05) is 38.5 Å². The third kappa shape index (κ3) is 3.09. The third-order valence-corrected chi connectivity index (χ3v) is 9.49. The maximum Gasteiger partial charge on any atom is 0.330 e. The second-order valence-electron chi connectivity index (χ2n) is 10.6. The van der Waals surface area contributed by atoms with Crippen LogP contribution in [0.2, 0.25) is 0 Å². The van der Waals surface area contributed by atoms with E-state index in [1.54, 1.807) is 11.6 Å². The molecular weight excluding hydrogens is 348 g/mol. The Hall–Kier alpha value is -1.09. The third-order valence-electron chi connectivity index (χ3n) is 9.49. The molecule has 0 amide bonds. The molecule has 8 atom stereocenters. The number of hydrogen-bond acceptors (Lipinski definition) is 3. The molecule has 3 saturated carbocycles. The lowest BCUT2D eigenvalue weighted by Gasteiger charge is -2.61. The van der Waals surface area contributed by atoms with E-state index in [1.165, 1.54) is 45.6 Å². The van der Waals surface area contributed by atoms with E-state index < -0.39 is 0 Å². The molecule has 1 N–H and O–H groups in total. The van der Waals surface area contributed by atoms with Gasteiger partial charge in [0.15, 0.2) is 0 Å². The molecule has 0 aromatic heterocycles. The van der Waals surface area contributed by atoms with Crippen LogP contribution in [0.25, 0.3) is 0 Å². The molecule has 0 heterocycles. The van der Waals surface area contributed by atoms with Crippen molar-refractivity contribution in [3.63, 3.8) is 0 Å². The predicted molar refractivity (Wildman–Crippen MR) is 112 cm³/mol. The number of ether oxygens (including phenoxy) is 1. The maximum absolute atomic E-state index is 11.5. The summed E-state index contributed by atoms with van der Waals surface area (Å²) in [4.78, 5) is 11.5. The molecule has 3 heteroatoms. The van der Waals surface area contributed by atoms with Crippen LogP contribution in [-0.4, -0.2) is 24.3 Å². The van der Waals surface area contributed by atoms with Gasteiger partial charge in [0.1, 0.15) is 0 Å². The van der Waals surface area contributed by atoms with Gasteiger partial charge in [-0.15, -0.1) is 0 Å². The van der Waals surface area contributed by atoms with E-state index in [4.69, 9.17) is 4.74 Å². The first-order valence-electron chi connectivity index (χ1n) is 11.4. The number of esters is 1. The molecule has 156 valence electrons. The molecule has 0 radical (unpaired) electrons. The standard InChI is InChI=1S/C25H38O3/c1-16(5-10-23(27)28-4)20-8-9-21-19-7-6-17-15-18(26)11-13-24(17,2)22(19)12-14-25(20,21)3/h5,8,10,16-19,21-22,26H,6-7,9,11-15H2,1-4H3/b10-5+/t16-,17-,18-,19?,21?,22?,24+,25-/m1/s1. The van der Waals surface area contributed by atoms with Gasteiger partial charge in [-0.2, -0.15) is 0 Å². The second-order valence-corrected chi connectivity index (χ2v) is 10.6. The van der Waals surface area contributed by atoms with E-state index in [1.807, 2.05) is 6.08 Å². The molecule has 28 heavy (non-hydrogen) atoms. The molecule has 0 saturated heterocycles. The van der Waals surface area contributed by atoms with E-state index >= 15 is 0 Å². The number of hydrogen-bond donors (Lipinski definition) is 1. The fourth-order valence-electron chi connectivity index (χ4n) is 7.94. The van der Waals surface area contributed by atoms with Crippen molar-refractivity contribution in [2.24, 2.45) is 40.4 Å². The van der Waals surface area contributed by atoms with Crippen LogP contribution in [-0.2, 0) is 9.53 Å². The van der Waals surface area contributed by atoms with Crippen molar-refractivity contribution in [3.05, 3.63) is 23.8 Å². The van der Waals surface area contributed by atoms with E-state index in [2.05, 4.69) is 26.8 Å². The Bertz CT molecular complexity index is 679. The van der Waals surface area contributed by atoms with Crippen LogP contribution in [0.15, 0.2) is 23.8 Å². The SMILES string of the molecule is COC(=O)/C=C/[C@@H](C)C1=CCC2C3CC[C@@H]4C[C@H](O)CC[C@]4(C)C3CC[C@]12C. The van der Waals surface area contributed by atoms with Crippen LogP contribution >= 0.6 is 0 Å². The maximum atomic E-state index is 11.5. The number of allylic oxidation sites excluding steroid dienone is 3. The van der Waals surface area contributed by atoms with E-state index in [0.29, 0.717) is 11.3 Å². The number of fused-ring (bicyclic) bond motifs is 5. The number of methoxy groups -OCH3 is 1. The van der Waals surface area contributed by atoms with Crippen molar-refractivity contribution in [2.75, 3.05) is 7.11 Å². The normalized spacial score (nSPS) is 46.3. The van der Waals surface area contributed by atoms with Crippen LogP contribution in [0.3, 0.4) is 0 Å². The number of rotatable bonds is 3. The first-order chi connectivity index (χ1) is 13.3. The Labute approximate surface area is 170 Å². The van der Waals surface area contributed by atoms with E-state index in [-0.39, 0.29) is 17.5 Å². The molecule has 3 unspecified atom stereocenters. The topological polar surface area (TPSA) is 46.5 Å². The van der Waals surface area contributed by atoms with Gasteiger partial charge >= 0.3 is 5.97 Å². The molecule has 4 aliphatic carbocycles. The van der Waals surface area contributed by atoms with Gasteiger partial charge in [-0.3, -0.25) is 0 Å². The summed E-state index contributed by atoms with van der Waals surface area (Å²) in [6.07, 6.45) is 15.7. The Kier molecular flexibility index (Phi) is 5.27. The Morgan fingerprint density at radius 3 is 2.75 bits per heavy atom. The van der Waals surface area contributed by atoms with Crippen LogP contribution < -0.4 is 0 Å². The quantitative estimate of drug-likeness (QED) is 0.407. The summed E-state index contributed by atoms with van der Waals surface area (Å²) >= 11 is 0. The van der Waals surface area contributed by atoms with Crippen LogP contribution in [0, 0.1) is 40.4 Å². The molecule has 0 spiro atoms. The zero-order valence-corrected chi connectivity index (χ0v) is 18.1. The number of carbonyl (C=O) groups excluding carboxylic acids is 1. The summed E-state index contributed by atoms with van der Waals surface area (Å²) in [5, 5.41) is 10.2. The summed E-state index contributed by atoms with van der Waals surface area (Å²) in [6, 6.07) is 0. The minimum absolute atomic E-state index is 0.0642. The van der Waals surface area contributed by atoms with Crippen molar-refractivity contribution < 1.29 is 14.6 Å². The van der Waals surface area contributed by atoms with Crippen LogP contribution in [0.4, 0.5) is 0 Å². The van der Waals surface area contributed by atoms with Gasteiger partial charge in [-0.25, -0.2) is 4.79 Å². The molecule has 3 nitrogen and oxygen atoms in total. The number of aliphatic hydroxyl groups excluding tert-OH is 1. The number of carbonyl (C=O) groups is 1. The molecule has 3 fully saturated rings. The number of aliphatic hydroxyl groups is 1. The van der Waals surface area contributed by atoms with Gasteiger partial charge in [0.25, 0.3) is 0 Å². The smallest absolute Gasteiger partial charge is 0.330 e. The molecule has 0 aromatic rings. The second kappa shape index (κ2) is 7.31. The summed E-state index contributed by atoms with van der Waals surface area (Å²) in [5.74, 6) is 3.15. The average Bonchev–Trinajstić information content (AvgIpc) is 3.03. The van der Waals surface area contributed by atoms with Gasteiger partial charge in [0.2, 0.25) is 0 Å². The molecule has 4 aliphatic rings. The fraction of sp³-hybridized carbons (Fsp3) is 0.800. The largest absolute Gasteiger partial charge is 0.466 e. The van der Waals surface area contributed by atoms with Crippen molar-refractivity contribution in [2.45, 2.75) is 78.2 Å². The Balaban J connectivity index is 1.53. The fourth-order valence-corrected chi connectivity index (χ4v) is 7.94. The van der Waals surface area contributed by atoms with Crippen LogP contribution in [0.5, 0.6) is 0 Å². The first kappa shape index (κ1) is 20.2. The van der Waals surface area contributed by atoms with E-state index in [0.717, 1.165) is 36.5 Å². The van der Waals surface area contributed by atoms with Crippen molar-refractivity contribution in [3.8, 4) is 0 Å². The lowest BCUT2D eigenvalue weighted by atomic mass is 9.44. The highest BCUT2D eigenvalue weighted by Gasteiger charge is 2.58. The van der Waals surface area contributed by atoms with Crippen molar-refractivity contribution in [1.29, 1.82) is 0 Å². The van der Waals surface area contributed by atoms with E-state index in [9.17, 15) is 9.90 Å². The average molecular weight is 387 g/mol. The Morgan fingerprint density at radius 2 is 2.00 bits per heavy atom. The Morgan fingerprint density at radius 1 is 1.21 bits per heavy atom. The van der Waals surface area contributed by atoms with Gasteiger partial charge in [-0.05, 0) is 91.8 Å². The van der Waals surface area contributed by atoms with Crippen molar-refractivity contribution in [1.82, 2.24) is 0 Å². The molecule has 0 aliphatic heterocycles. The monoisotopic (exact) mass is 386 g/mol.